The lowest BCUT2D eigenvalue weighted by Gasteiger charge is -2.22. The number of benzene rings is 1. The topological polar surface area (TPSA) is 72.7 Å². The number of carbonyl (C=O) groups is 1. The van der Waals surface area contributed by atoms with E-state index in [-0.39, 0.29) is 16.7 Å². The Morgan fingerprint density at radius 1 is 1.29 bits per heavy atom. The first-order valence-electron chi connectivity index (χ1n) is 6.69. The van der Waals surface area contributed by atoms with E-state index in [0.717, 1.165) is 5.69 Å². The first kappa shape index (κ1) is 15.5. The number of thioether (sulfide) groups is 1. The van der Waals surface area contributed by atoms with Crippen LogP contribution in [-0.2, 0) is 4.79 Å². The largest absolute Gasteiger partial charge is 0.351 e. The van der Waals surface area contributed by atoms with E-state index in [1.54, 1.807) is 4.68 Å². The predicted octanol–water partition coefficient (Wildman–Crippen LogP) is 2.06. The van der Waals surface area contributed by atoms with Gasteiger partial charge in [-0.2, -0.15) is 4.68 Å². The third kappa shape index (κ3) is 4.29. The van der Waals surface area contributed by atoms with E-state index in [4.69, 9.17) is 0 Å². The summed E-state index contributed by atoms with van der Waals surface area (Å²) in [4.78, 5) is 12.1. The lowest BCUT2D eigenvalue weighted by Crippen LogP contribution is -2.44. The van der Waals surface area contributed by atoms with Crippen molar-refractivity contribution in [2.45, 2.75) is 43.6 Å². The molecule has 0 aliphatic rings. The highest BCUT2D eigenvalue weighted by atomic mass is 32.2. The Bertz CT molecular complexity index is 605. The van der Waals surface area contributed by atoms with E-state index in [9.17, 15) is 4.79 Å². The summed E-state index contributed by atoms with van der Waals surface area (Å²) in [6.07, 6.45) is 0. The van der Waals surface area contributed by atoms with Gasteiger partial charge in [0.15, 0.2) is 0 Å². The van der Waals surface area contributed by atoms with Crippen molar-refractivity contribution in [1.82, 2.24) is 25.5 Å². The molecule has 0 saturated heterocycles. The maximum atomic E-state index is 12.1. The Morgan fingerprint density at radius 2 is 1.95 bits per heavy atom. The number of carbonyl (C=O) groups excluding carboxylic acids is 1. The summed E-state index contributed by atoms with van der Waals surface area (Å²) in [5.41, 5.74) is 0.616. The molecule has 7 heteroatoms. The number of hydrogen-bond donors (Lipinski definition) is 1. The summed E-state index contributed by atoms with van der Waals surface area (Å²) in [6, 6.07) is 9.60. The quantitative estimate of drug-likeness (QED) is 0.875. The first-order chi connectivity index (χ1) is 9.87. The number of nitrogens with zero attached hydrogens (tertiary/aromatic N) is 4. The summed E-state index contributed by atoms with van der Waals surface area (Å²) >= 11 is 1.34. The van der Waals surface area contributed by atoms with Crippen LogP contribution in [0.3, 0.4) is 0 Å². The molecule has 1 aromatic carbocycles. The van der Waals surface area contributed by atoms with Crippen molar-refractivity contribution in [3.8, 4) is 5.69 Å². The number of hydrogen-bond acceptors (Lipinski definition) is 5. The molecule has 21 heavy (non-hydrogen) atoms. The van der Waals surface area contributed by atoms with E-state index >= 15 is 0 Å². The molecule has 1 heterocycles. The number of nitrogens with one attached hydrogen (secondary N) is 1. The van der Waals surface area contributed by atoms with E-state index in [1.807, 2.05) is 58.0 Å². The Balaban J connectivity index is 2.11. The minimum absolute atomic E-state index is 0.0323. The van der Waals surface area contributed by atoms with Gasteiger partial charge in [-0.05, 0) is 50.3 Å². The van der Waals surface area contributed by atoms with Gasteiger partial charge < -0.3 is 5.32 Å². The maximum Gasteiger partial charge on any atom is 0.233 e. The molecule has 6 nitrogen and oxygen atoms in total. The summed E-state index contributed by atoms with van der Waals surface area (Å²) in [5.74, 6) is -0.0323. The standard InChI is InChI=1S/C14H19N5OS/c1-10(12(20)15-14(2,3)4)21-13-16-17-18-19(13)11-8-6-5-7-9-11/h5-10H,1-4H3,(H,15,20)/t10-/m0/s1. The average molecular weight is 305 g/mol. The predicted molar refractivity (Wildman–Crippen MR) is 82.4 cm³/mol. The van der Waals surface area contributed by atoms with Crippen molar-refractivity contribution in [1.29, 1.82) is 0 Å². The third-order valence-corrected chi connectivity index (χ3v) is 3.62. The summed E-state index contributed by atoms with van der Waals surface area (Å²) in [7, 11) is 0. The Kier molecular flexibility index (Phi) is 4.62. The highest BCUT2D eigenvalue weighted by molar-refractivity contribution is 8.00. The molecule has 1 atom stereocenters. The van der Waals surface area contributed by atoms with Crippen LogP contribution in [0.2, 0.25) is 0 Å². The van der Waals surface area contributed by atoms with Gasteiger partial charge >= 0.3 is 0 Å². The molecule has 0 saturated carbocycles. The van der Waals surface area contributed by atoms with Gasteiger partial charge in [0, 0.05) is 5.54 Å². The fraction of sp³-hybridized carbons (Fsp3) is 0.429. The number of tetrazole rings is 1. The molecule has 0 radical (unpaired) electrons. The van der Waals surface area contributed by atoms with Gasteiger partial charge in [0.05, 0.1) is 10.9 Å². The minimum atomic E-state index is -0.280. The van der Waals surface area contributed by atoms with E-state index < -0.39 is 0 Å². The van der Waals surface area contributed by atoms with Crippen molar-refractivity contribution in [2.75, 3.05) is 0 Å². The fourth-order valence-electron chi connectivity index (χ4n) is 1.67. The minimum Gasteiger partial charge on any atom is -0.351 e. The number of rotatable bonds is 4. The van der Waals surface area contributed by atoms with Crippen LogP contribution in [0, 0.1) is 0 Å². The molecule has 2 rings (SSSR count). The molecule has 0 unspecified atom stereocenters. The van der Waals surface area contributed by atoms with Gasteiger partial charge in [-0.3, -0.25) is 4.79 Å². The summed E-state index contributed by atoms with van der Waals surface area (Å²) in [5, 5.41) is 14.9. The van der Waals surface area contributed by atoms with E-state index in [0.29, 0.717) is 5.16 Å². The van der Waals surface area contributed by atoms with E-state index in [1.165, 1.54) is 11.8 Å². The van der Waals surface area contributed by atoms with Gasteiger partial charge in [0.2, 0.25) is 11.1 Å². The van der Waals surface area contributed by atoms with Crippen molar-refractivity contribution in [2.24, 2.45) is 0 Å². The second-order valence-electron chi connectivity index (χ2n) is 5.71. The number of amides is 1. The van der Waals surface area contributed by atoms with Crippen LogP contribution in [0.15, 0.2) is 35.5 Å². The van der Waals surface area contributed by atoms with Crippen molar-refractivity contribution in [3.63, 3.8) is 0 Å². The lowest BCUT2D eigenvalue weighted by molar-refractivity contribution is -0.121. The van der Waals surface area contributed by atoms with Crippen LogP contribution in [0.4, 0.5) is 0 Å². The van der Waals surface area contributed by atoms with Crippen LogP contribution in [0.1, 0.15) is 27.7 Å². The monoisotopic (exact) mass is 305 g/mol. The Labute approximate surface area is 128 Å². The molecule has 0 spiro atoms. The number of para-hydroxylation sites is 1. The van der Waals surface area contributed by atoms with Crippen molar-refractivity contribution < 1.29 is 4.79 Å². The summed E-state index contributed by atoms with van der Waals surface area (Å²) < 4.78 is 1.63. The Morgan fingerprint density at radius 3 is 2.57 bits per heavy atom. The first-order valence-corrected chi connectivity index (χ1v) is 7.57. The molecular weight excluding hydrogens is 286 g/mol. The molecule has 1 amide bonds. The van der Waals surface area contributed by atoms with E-state index in [2.05, 4.69) is 20.8 Å². The molecule has 0 aliphatic carbocycles. The summed E-state index contributed by atoms with van der Waals surface area (Å²) in [6.45, 7) is 7.71. The average Bonchev–Trinajstić information content (AvgIpc) is 2.86. The molecule has 0 aliphatic heterocycles. The highest BCUT2D eigenvalue weighted by Gasteiger charge is 2.22. The molecule has 112 valence electrons. The van der Waals surface area contributed by atoms with Crippen LogP contribution >= 0.6 is 11.8 Å². The maximum absolute atomic E-state index is 12.1. The molecule has 1 aromatic heterocycles. The van der Waals surface area contributed by atoms with Crippen LogP contribution in [0.5, 0.6) is 0 Å². The van der Waals surface area contributed by atoms with Crippen molar-refractivity contribution >= 4 is 17.7 Å². The molecule has 0 bridgehead atoms. The second-order valence-corrected chi connectivity index (χ2v) is 7.02. The molecule has 2 aromatic rings. The van der Waals surface area contributed by atoms with Gasteiger partial charge in [-0.25, -0.2) is 0 Å². The van der Waals surface area contributed by atoms with Gasteiger partial charge in [0.1, 0.15) is 0 Å². The smallest absolute Gasteiger partial charge is 0.233 e. The van der Waals surface area contributed by atoms with Gasteiger partial charge in [-0.1, -0.05) is 30.0 Å². The Hall–Kier alpha value is -1.89. The van der Waals surface area contributed by atoms with Crippen LogP contribution in [0.25, 0.3) is 5.69 Å². The lowest BCUT2D eigenvalue weighted by atomic mass is 10.1. The molecular formula is C14H19N5OS. The van der Waals surface area contributed by atoms with Gasteiger partial charge in [0.25, 0.3) is 0 Å². The zero-order chi connectivity index (χ0) is 15.5. The molecule has 1 N–H and O–H groups in total. The molecule has 0 fully saturated rings. The normalized spacial score (nSPS) is 13.0. The highest BCUT2D eigenvalue weighted by Crippen LogP contribution is 2.23. The van der Waals surface area contributed by atoms with Gasteiger partial charge in [-0.15, -0.1) is 5.10 Å². The second kappa shape index (κ2) is 6.26. The zero-order valence-electron chi connectivity index (χ0n) is 12.6. The SMILES string of the molecule is C[C@H](Sc1nnnn1-c1ccccc1)C(=O)NC(C)(C)C. The third-order valence-electron chi connectivity index (χ3n) is 2.59. The zero-order valence-corrected chi connectivity index (χ0v) is 13.4. The van der Waals surface area contributed by atoms with Crippen molar-refractivity contribution in [3.05, 3.63) is 30.3 Å². The van der Waals surface area contributed by atoms with Crippen LogP contribution < -0.4 is 5.32 Å². The fourth-order valence-corrected chi connectivity index (χ4v) is 2.47. The van der Waals surface area contributed by atoms with Crippen LogP contribution in [-0.4, -0.2) is 36.9 Å². The number of aromatic nitrogens is 4.